The van der Waals surface area contributed by atoms with Gasteiger partial charge in [0.05, 0.1) is 14.2 Å². The minimum Gasteiger partial charge on any atom is -0.497 e. The number of hydrogen-bond acceptors (Lipinski definition) is 3. The molecule has 0 unspecified atom stereocenters. The number of ether oxygens (including phenoxy) is 2. The fraction of sp³-hybridized carbons (Fsp3) is 0.111. The van der Waals surface area contributed by atoms with Crippen molar-refractivity contribution >= 4 is 11.3 Å². The Bertz CT molecular complexity index is 650. The van der Waals surface area contributed by atoms with Crippen LogP contribution in [0.5, 0.6) is 11.5 Å². The molecule has 106 valence electrons. The van der Waals surface area contributed by atoms with Crippen LogP contribution in [0.15, 0.2) is 60.0 Å². The fourth-order valence-electron chi connectivity index (χ4n) is 2.27. The van der Waals surface area contributed by atoms with Crippen molar-refractivity contribution in [1.29, 1.82) is 0 Å². The Morgan fingerprint density at radius 3 is 1.71 bits per heavy atom. The summed E-state index contributed by atoms with van der Waals surface area (Å²) in [6.45, 7) is 0. The van der Waals surface area contributed by atoms with Crippen molar-refractivity contribution in [2.45, 2.75) is 0 Å². The van der Waals surface area contributed by atoms with Gasteiger partial charge in [-0.05, 0) is 59.0 Å². The van der Waals surface area contributed by atoms with E-state index in [0.29, 0.717) is 0 Å². The Morgan fingerprint density at radius 1 is 0.667 bits per heavy atom. The van der Waals surface area contributed by atoms with E-state index in [2.05, 4.69) is 35.7 Å². The molecule has 0 radical (unpaired) electrons. The van der Waals surface area contributed by atoms with Crippen LogP contribution in [0.25, 0.3) is 21.6 Å². The zero-order chi connectivity index (χ0) is 14.7. The molecular weight excluding hydrogens is 280 g/mol. The Labute approximate surface area is 128 Å². The van der Waals surface area contributed by atoms with Crippen LogP contribution in [0.4, 0.5) is 0 Å². The van der Waals surface area contributed by atoms with Gasteiger partial charge in [0.1, 0.15) is 11.5 Å². The van der Waals surface area contributed by atoms with Crippen LogP contribution in [-0.2, 0) is 0 Å². The first kappa shape index (κ1) is 13.7. The Hall–Kier alpha value is -2.26. The SMILES string of the molecule is COc1ccc(-c2ccsc2-c2ccc(OC)cc2)cc1. The average Bonchev–Trinajstić information content (AvgIpc) is 3.04. The van der Waals surface area contributed by atoms with E-state index in [9.17, 15) is 0 Å². The van der Waals surface area contributed by atoms with Gasteiger partial charge in [-0.25, -0.2) is 0 Å². The molecule has 3 heteroatoms. The van der Waals surface area contributed by atoms with Gasteiger partial charge in [-0.1, -0.05) is 12.1 Å². The molecule has 1 aromatic heterocycles. The molecule has 0 aliphatic heterocycles. The molecule has 2 aromatic carbocycles. The maximum Gasteiger partial charge on any atom is 0.118 e. The molecule has 0 saturated carbocycles. The van der Waals surface area contributed by atoms with Crippen LogP contribution in [0, 0.1) is 0 Å². The van der Waals surface area contributed by atoms with Gasteiger partial charge < -0.3 is 9.47 Å². The molecule has 21 heavy (non-hydrogen) atoms. The molecular formula is C18H16O2S. The molecule has 0 aliphatic rings. The molecule has 0 atom stereocenters. The van der Waals surface area contributed by atoms with Crippen LogP contribution in [0.1, 0.15) is 0 Å². The monoisotopic (exact) mass is 296 g/mol. The smallest absolute Gasteiger partial charge is 0.118 e. The zero-order valence-electron chi connectivity index (χ0n) is 12.0. The van der Waals surface area contributed by atoms with E-state index in [1.165, 1.54) is 21.6 Å². The zero-order valence-corrected chi connectivity index (χ0v) is 12.8. The van der Waals surface area contributed by atoms with Crippen molar-refractivity contribution in [2.24, 2.45) is 0 Å². The summed E-state index contributed by atoms with van der Waals surface area (Å²) in [4.78, 5) is 1.27. The summed E-state index contributed by atoms with van der Waals surface area (Å²) >= 11 is 1.75. The van der Waals surface area contributed by atoms with E-state index in [4.69, 9.17) is 9.47 Å². The third-order valence-corrected chi connectivity index (χ3v) is 4.38. The number of thiophene rings is 1. The second-order valence-electron chi connectivity index (χ2n) is 4.62. The molecule has 0 saturated heterocycles. The lowest BCUT2D eigenvalue weighted by Gasteiger charge is -2.07. The molecule has 2 nitrogen and oxygen atoms in total. The number of methoxy groups -OCH3 is 2. The second kappa shape index (κ2) is 6.02. The van der Waals surface area contributed by atoms with E-state index in [0.717, 1.165) is 11.5 Å². The van der Waals surface area contributed by atoms with E-state index in [1.807, 2.05) is 24.3 Å². The highest BCUT2D eigenvalue weighted by molar-refractivity contribution is 7.14. The molecule has 3 aromatic rings. The Balaban J connectivity index is 1.99. The van der Waals surface area contributed by atoms with Crippen LogP contribution in [-0.4, -0.2) is 14.2 Å². The lowest BCUT2D eigenvalue weighted by Crippen LogP contribution is -1.84. The molecule has 3 rings (SSSR count). The number of hydrogen-bond donors (Lipinski definition) is 0. The predicted molar refractivity (Wildman–Crippen MR) is 88.3 cm³/mol. The first-order valence-corrected chi connectivity index (χ1v) is 7.56. The quantitative estimate of drug-likeness (QED) is 0.667. The van der Waals surface area contributed by atoms with Gasteiger partial charge in [-0.2, -0.15) is 0 Å². The van der Waals surface area contributed by atoms with Gasteiger partial charge in [-0.15, -0.1) is 11.3 Å². The fourth-order valence-corrected chi connectivity index (χ4v) is 3.20. The summed E-state index contributed by atoms with van der Waals surface area (Å²) in [5.41, 5.74) is 3.65. The molecule has 0 fully saturated rings. The minimum atomic E-state index is 0.875. The summed E-state index contributed by atoms with van der Waals surface area (Å²) in [6, 6.07) is 18.5. The lowest BCUT2D eigenvalue weighted by atomic mass is 10.0. The summed E-state index contributed by atoms with van der Waals surface area (Å²) < 4.78 is 10.4. The standard InChI is InChI=1S/C18H16O2S/c1-19-15-7-3-13(4-8-15)17-11-12-21-18(17)14-5-9-16(20-2)10-6-14/h3-12H,1-2H3. The molecule has 0 amide bonds. The predicted octanol–water partition coefficient (Wildman–Crippen LogP) is 5.10. The first-order chi connectivity index (χ1) is 10.3. The summed E-state index contributed by atoms with van der Waals surface area (Å²) in [7, 11) is 3.37. The molecule has 0 aliphatic carbocycles. The van der Waals surface area contributed by atoms with Crippen molar-refractivity contribution in [2.75, 3.05) is 14.2 Å². The normalized spacial score (nSPS) is 10.4. The minimum absolute atomic E-state index is 0.875. The van der Waals surface area contributed by atoms with Gasteiger partial charge in [0, 0.05) is 10.4 Å². The third-order valence-electron chi connectivity index (χ3n) is 3.42. The van der Waals surface area contributed by atoms with Crippen LogP contribution in [0.3, 0.4) is 0 Å². The van der Waals surface area contributed by atoms with Gasteiger partial charge in [0.2, 0.25) is 0 Å². The highest BCUT2D eigenvalue weighted by atomic mass is 32.1. The maximum atomic E-state index is 5.22. The summed E-state index contributed by atoms with van der Waals surface area (Å²) in [6.07, 6.45) is 0. The Kier molecular flexibility index (Phi) is 3.93. The largest absolute Gasteiger partial charge is 0.497 e. The van der Waals surface area contributed by atoms with E-state index < -0.39 is 0 Å². The molecule has 0 bridgehead atoms. The van der Waals surface area contributed by atoms with Gasteiger partial charge >= 0.3 is 0 Å². The lowest BCUT2D eigenvalue weighted by molar-refractivity contribution is 0.414. The summed E-state index contributed by atoms with van der Waals surface area (Å²) in [5.74, 6) is 1.75. The molecule has 0 spiro atoms. The van der Waals surface area contributed by atoms with Crippen LogP contribution in [0.2, 0.25) is 0 Å². The van der Waals surface area contributed by atoms with Crippen molar-refractivity contribution in [3.05, 3.63) is 60.0 Å². The number of rotatable bonds is 4. The number of benzene rings is 2. The molecule has 0 N–H and O–H groups in total. The average molecular weight is 296 g/mol. The third kappa shape index (κ3) is 2.78. The van der Waals surface area contributed by atoms with Gasteiger partial charge in [0.25, 0.3) is 0 Å². The highest BCUT2D eigenvalue weighted by Gasteiger charge is 2.09. The van der Waals surface area contributed by atoms with Crippen molar-refractivity contribution in [1.82, 2.24) is 0 Å². The van der Waals surface area contributed by atoms with Crippen LogP contribution >= 0.6 is 11.3 Å². The second-order valence-corrected chi connectivity index (χ2v) is 5.54. The maximum absolute atomic E-state index is 5.22. The van der Waals surface area contributed by atoms with Crippen molar-refractivity contribution in [3.63, 3.8) is 0 Å². The Morgan fingerprint density at radius 2 is 1.19 bits per heavy atom. The van der Waals surface area contributed by atoms with Gasteiger partial charge in [-0.3, -0.25) is 0 Å². The van der Waals surface area contributed by atoms with E-state index >= 15 is 0 Å². The topological polar surface area (TPSA) is 18.5 Å². The highest BCUT2D eigenvalue weighted by Crippen LogP contribution is 2.37. The van der Waals surface area contributed by atoms with Crippen molar-refractivity contribution < 1.29 is 9.47 Å². The van der Waals surface area contributed by atoms with Crippen molar-refractivity contribution in [3.8, 4) is 33.1 Å². The van der Waals surface area contributed by atoms with Crippen LogP contribution < -0.4 is 9.47 Å². The first-order valence-electron chi connectivity index (χ1n) is 6.68. The summed E-state index contributed by atoms with van der Waals surface area (Å²) in [5, 5.41) is 2.12. The van der Waals surface area contributed by atoms with E-state index in [-0.39, 0.29) is 0 Å². The van der Waals surface area contributed by atoms with Gasteiger partial charge in [0.15, 0.2) is 0 Å². The van der Waals surface area contributed by atoms with E-state index in [1.54, 1.807) is 25.6 Å². The molecule has 1 heterocycles.